The topological polar surface area (TPSA) is 63.9 Å². The molecule has 6 nitrogen and oxygen atoms in total. The highest BCUT2D eigenvalue weighted by molar-refractivity contribution is 7.13. The van der Waals surface area contributed by atoms with E-state index in [4.69, 9.17) is 4.98 Å². The third kappa shape index (κ3) is 2.96. The molecule has 1 saturated carbocycles. The van der Waals surface area contributed by atoms with E-state index in [1.807, 2.05) is 29.5 Å². The van der Waals surface area contributed by atoms with E-state index in [-0.39, 0.29) is 5.91 Å². The molecule has 0 N–H and O–H groups in total. The Labute approximate surface area is 161 Å². The number of thiophene rings is 1. The van der Waals surface area contributed by atoms with Crippen molar-refractivity contribution in [3.8, 4) is 16.5 Å². The van der Waals surface area contributed by atoms with Crippen LogP contribution in [0.2, 0.25) is 0 Å². The minimum atomic E-state index is 0.103. The number of aryl methyl sites for hydroxylation is 1. The smallest absolute Gasteiger partial charge is 0.257 e. The minimum Gasteiger partial charge on any atom is -0.339 e. The molecule has 0 aromatic carbocycles. The summed E-state index contributed by atoms with van der Waals surface area (Å²) < 4.78 is 1.79. The average molecular weight is 379 g/mol. The quantitative estimate of drug-likeness (QED) is 0.691. The van der Waals surface area contributed by atoms with E-state index in [0.717, 1.165) is 66.2 Å². The fourth-order valence-electron chi connectivity index (χ4n) is 3.72. The van der Waals surface area contributed by atoms with Gasteiger partial charge < -0.3 is 4.90 Å². The maximum absolute atomic E-state index is 13.0. The normalized spacial score (nSPS) is 16.9. The molecule has 138 valence electrons. The van der Waals surface area contributed by atoms with Gasteiger partial charge in [-0.3, -0.25) is 4.79 Å². The second-order valence-electron chi connectivity index (χ2n) is 7.31. The lowest BCUT2D eigenvalue weighted by Gasteiger charge is -2.15. The van der Waals surface area contributed by atoms with E-state index in [1.165, 1.54) is 0 Å². The van der Waals surface area contributed by atoms with Gasteiger partial charge in [0.1, 0.15) is 0 Å². The molecule has 0 unspecified atom stereocenters. The van der Waals surface area contributed by atoms with Gasteiger partial charge in [0, 0.05) is 25.2 Å². The number of nitrogens with zero attached hydrogens (tertiary/aromatic N) is 5. The van der Waals surface area contributed by atoms with E-state index < -0.39 is 0 Å². The highest BCUT2D eigenvalue weighted by Crippen LogP contribution is 2.42. The molecule has 0 bridgehead atoms. The van der Waals surface area contributed by atoms with Gasteiger partial charge in [-0.15, -0.1) is 11.3 Å². The summed E-state index contributed by atoms with van der Waals surface area (Å²) >= 11 is 1.66. The lowest BCUT2D eigenvalue weighted by atomic mass is 10.1. The summed E-state index contributed by atoms with van der Waals surface area (Å²) in [7, 11) is 0. The van der Waals surface area contributed by atoms with E-state index in [1.54, 1.807) is 22.2 Å². The van der Waals surface area contributed by atoms with Gasteiger partial charge >= 0.3 is 0 Å². The monoisotopic (exact) mass is 379 g/mol. The first kappa shape index (κ1) is 16.6. The lowest BCUT2D eigenvalue weighted by molar-refractivity contribution is 0.0791. The van der Waals surface area contributed by atoms with Crippen molar-refractivity contribution in [3.05, 3.63) is 46.7 Å². The molecule has 3 aromatic rings. The van der Waals surface area contributed by atoms with Gasteiger partial charge in [-0.25, -0.2) is 14.6 Å². The Hall–Kier alpha value is -2.54. The molecule has 1 saturated heterocycles. The third-order valence-electron chi connectivity index (χ3n) is 5.30. The van der Waals surface area contributed by atoms with Crippen LogP contribution < -0.4 is 0 Å². The van der Waals surface area contributed by atoms with Crippen LogP contribution in [0.4, 0.5) is 0 Å². The minimum absolute atomic E-state index is 0.103. The Balaban J connectivity index is 1.58. The number of carbonyl (C=O) groups is 1. The second-order valence-corrected chi connectivity index (χ2v) is 8.26. The molecule has 0 atom stereocenters. The van der Waals surface area contributed by atoms with Crippen molar-refractivity contribution >= 4 is 17.2 Å². The molecule has 1 aliphatic heterocycles. The van der Waals surface area contributed by atoms with E-state index in [0.29, 0.717) is 11.9 Å². The number of amides is 1. The third-order valence-corrected chi connectivity index (χ3v) is 6.17. The number of rotatable bonds is 4. The summed E-state index contributed by atoms with van der Waals surface area (Å²) in [6, 6.07) is 4.09. The van der Waals surface area contributed by atoms with Gasteiger partial charge in [-0.2, -0.15) is 5.10 Å². The summed E-state index contributed by atoms with van der Waals surface area (Å²) in [5.41, 5.74) is 3.67. The van der Waals surface area contributed by atoms with Gasteiger partial charge in [0.25, 0.3) is 11.9 Å². The predicted octanol–water partition coefficient (Wildman–Crippen LogP) is 3.81. The SMILES string of the molecule is Cc1cnc(-n2ncc(C(=O)N3CCCC3)c2C2CC2)nc1-c1cccs1. The van der Waals surface area contributed by atoms with Crippen molar-refractivity contribution in [1.29, 1.82) is 0 Å². The summed E-state index contributed by atoms with van der Waals surface area (Å²) in [5, 5.41) is 6.59. The first-order chi connectivity index (χ1) is 13.2. The molecule has 2 fully saturated rings. The van der Waals surface area contributed by atoms with Gasteiger partial charge in [0.2, 0.25) is 0 Å². The zero-order chi connectivity index (χ0) is 18.4. The molecule has 7 heteroatoms. The van der Waals surface area contributed by atoms with Gasteiger partial charge in [-0.05, 0) is 49.6 Å². The van der Waals surface area contributed by atoms with Crippen molar-refractivity contribution in [2.75, 3.05) is 13.1 Å². The Bertz CT molecular complexity index is 984. The molecule has 0 spiro atoms. The number of aromatic nitrogens is 4. The first-order valence-electron chi connectivity index (χ1n) is 9.47. The van der Waals surface area contributed by atoms with Gasteiger partial charge in [0.05, 0.1) is 28.0 Å². The number of likely N-dealkylation sites (tertiary alicyclic amines) is 1. The Kier molecular flexibility index (Phi) is 4.04. The number of hydrogen-bond acceptors (Lipinski definition) is 5. The zero-order valence-corrected chi connectivity index (χ0v) is 16.1. The van der Waals surface area contributed by atoms with E-state index in [9.17, 15) is 4.79 Å². The predicted molar refractivity (Wildman–Crippen MR) is 104 cm³/mol. The van der Waals surface area contributed by atoms with Gasteiger partial charge in [0.15, 0.2) is 0 Å². The molecule has 0 radical (unpaired) electrons. The highest BCUT2D eigenvalue weighted by atomic mass is 32.1. The van der Waals surface area contributed by atoms with Crippen LogP contribution in [0.3, 0.4) is 0 Å². The van der Waals surface area contributed by atoms with Crippen molar-refractivity contribution in [3.63, 3.8) is 0 Å². The molecule has 5 rings (SSSR count). The van der Waals surface area contributed by atoms with Crippen molar-refractivity contribution in [2.24, 2.45) is 0 Å². The van der Waals surface area contributed by atoms with E-state index in [2.05, 4.69) is 16.1 Å². The fraction of sp³-hybridized carbons (Fsp3) is 0.400. The molecular formula is C20H21N5OS. The average Bonchev–Trinajstić information content (AvgIpc) is 3.15. The summed E-state index contributed by atoms with van der Waals surface area (Å²) in [4.78, 5) is 25.4. The summed E-state index contributed by atoms with van der Waals surface area (Å²) in [6.07, 6.45) is 7.92. The maximum atomic E-state index is 13.0. The van der Waals surface area contributed by atoms with Crippen LogP contribution in [0.5, 0.6) is 0 Å². The number of carbonyl (C=O) groups excluding carboxylic acids is 1. The molecular weight excluding hydrogens is 358 g/mol. The Morgan fingerprint density at radius 2 is 2.04 bits per heavy atom. The molecule has 1 amide bonds. The lowest BCUT2D eigenvalue weighted by Crippen LogP contribution is -2.28. The molecule has 2 aliphatic rings. The summed E-state index contributed by atoms with van der Waals surface area (Å²) in [5.74, 6) is 1.03. The summed E-state index contributed by atoms with van der Waals surface area (Å²) in [6.45, 7) is 3.71. The Morgan fingerprint density at radius 1 is 1.22 bits per heavy atom. The fourth-order valence-corrected chi connectivity index (χ4v) is 4.50. The van der Waals surface area contributed by atoms with Crippen molar-refractivity contribution in [2.45, 2.75) is 38.5 Å². The second kappa shape index (κ2) is 6.56. The van der Waals surface area contributed by atoms with Gasteiger partial charge in [-0.1, -0.05) is 6.07 Å². The Morgan fingerprint density at radius 3 is 2.74 bits per heavy atom. The number of hydrogen-bond donors (Lipinski definition) is 0. The van der Waals surface area contributed by atoms with Crippen LogP contribution in [-0.2, 0) is 0 Å². The van der Waals surface area contributed by atoms with Crippen molar-refractivity contribution < 1.29 is 4.79 Å². The highest BCUT2D eigenvalue weighted by Gasteiger charge is 2.35. The van der Waals surface area contributed by atoms with Crippen LogP contribution in [0, 0.1) is 6.92 Å². The zero-order valence-electron chi connectivity index (χ0n) is 15.3. The molecule has 3 aromatic heterocycles. The van der Waals surface area contributed by atoms with Crippen molar-refractivity contribution in [1.82, 2.24) is 24.6 Å². The first-order valence-corrected chi connectivity index (χ1v) is 10.4. The molecule has 1 aliphatic carbocycles. The maximum Gasteiger partial charge on any atom is 0.257 e. The van der Waals surface area contributed by atoms with Crippen LogP contribution in [0.25, 0.3) is 16.5 Å². The van der Waals surface area contributed by atoms with Crippen LogP contribution in [0.15, 0.2) is 29.9 Å². The molecule has 4 heterocycles. The molecule has 27 heavy (non-hydrogen) atoms. The van der Waals surface area contributed by atoms with Crippen LogP contribution in [-0.4, -0.2) is 43.6 Å². The van der Waals surface area contributed by atoms with Crippen LogP contribution >= 0.6 is 11.3 Å². The standard InChI is InChI=1S/C20H21N5OS/c1-13-11-21-20(23-17(13)16-5-4-10-27-16)25-18(14-6-7-14)15(12-22-25)19(26)24-8-2-3-9-24/h4-5,10-12,14H,2-3,6-9H2,1H3. The van der Waals surface area contributed by atoms with Crippen LogP contribution in [0.1, 0.15) is 53.2 Å². The largest absolute Gasteiger partial charge is 0.339 e. The van der Waals surface area contributed by atoms with E-state index >= 15 is 0 Å².